The van der Waals surface area contributed by atoms with E-state index in [1.165, 1.54) is 14.2 Å². The Morgan fingerprint density at radius 1 is 1.39 bits per heavy atom. The number of rotatable bonds is 6. The van der Waals surface area contributed by atoms with Crippen LogP contribution in [-0.2, 0) is 4.74 Å². The maximum atomic E-state index is 11.5. The van der Waals surface area contributed by atoms with Crippen molar-refractivity contribution in [1.82, 2.24) is 5.32 Å². The quantitative estimate of drug-likeness (QED) is 0.619. The van der Waals surface area contributed by atoms with Crippen molar-refractivity contribution in [2.75, 3.05) is 27.8 Å². The number of ether oxygens (including phenoxy) is 2. The molecule has 0 radical (unpaired) electrons. The van der Waals surface area contributed by atoms with Gasteiger partial charge in [0, 0.05) is 0 Å². The fourth-order valence-electron chi connectivity index (χ4n) is 1.54. The van der Waals surface area contributed by atoms with E-state index < -0.39 is 5.97 Å². The lowest BCUT2D eigenvalue weighted by atomic mass is 10.1. The Balaban J connectivity index is 2.85. The van der Waals surface area contributed by atoms with E-state index in [4.69, 9.17) is 4.74 Å². The minimum Gasteiger partial charge on any atom is -0.496 e. The fourth-order valence-corrected chi connectivity index (χ4v) is 1.54. The SMILES string of the molecule is CNCCC=Cc1ccc(C(=O)OC)c(OC)c1. The first-order valence-electron chi connectivity index (χ1n) is 5.80. The van der Waals surface area contributed by atoms with Gasteiger partial charge in [0.25, 0.3) is 0 Å². The van der Waals surface area contributed by atoms with Gasteiger partial charge in [-0.05, 0) is 37.7 Å². The van der Waals surface area contributed by atoms with Crippen molar-refractivity contribution in [3.05, 3.63) is 35.4 Å². The van der Waals surface area contributed by atoms with Gasteiger partial charge >= 0.3 is 5.97 Å². The molecule has 1 rings (SSSR count). The van der Waals surface area contributed by atoms with Crippen molar-refractivity contribution in [1.29, 1.82) is 0 Å². The van der Waals surface area contributed by atoms with Crippen LogP contribution in [0.3, 0.4) is 0 Å². The molecule has 0 unspecified atom stereocenters. The topological polar surface area (TPSA) is 47.6 Å². The molecule has 0 aromatic heterocycles. The molecular formula is C14H19NO3. The predicted molar refractivity (Wildman–Crippen MR) is 71.9 cm³/mol. The second kappa shape index (κ2) is 7.50. The van der Waals surface area contributed by atoms with Gasteiger partial charge in [0.2, 0.25) is 0 Å². The molecule has 0 saturated heterocycles. The second-order valence-corrected chi connectivity index (χ2v) is 3.75. The number of carbonyl (C=O) groups excluding carboxylic acids is 1. The van der Waals surface area contributed by atoms with E-state index in [9.17, 15) is 4.79 Å². The van der Waals surface area contributed by atoms with Gasteiger partial charge in [-0.25, -0.2) is 4.79 Å². The summed E-state index contributed by atoms with van der Waals surface area (Å²) in [6.45, 7) is 0.938. The first kappa shape index (κ1) is 14.3. The van der Waals surface area contributed by atoms with Crippen LogP contribution in [0.4, 0.5) is 0 Å². The molecule has 0 heterocycles. The third-order valence-corrected chi connectivity index (χ3v) is 2.50. The van der Waals surface area contributed by atoms with Gasteiger partial charge in [-0.1, -0.05) is 18.2 Å². The molecule has 1 N–H and O–H groups in total. The Hall–Kier alpha value is -1.81. The van der Waals surface area contributed by atoms with E-state index in [-0.39, 0.29) is 0 Å². The Bertz CT molecular complexity index is 427. The zero-order valence-corrected chi connectivity index (χ0v) is 11.0. The number of esters is 1. The van der Waals surface area contributed by atoms with Crippen LogP contribution < -0.4 is 10.1 Å². The highest BCUT2D eigenvalue weighted by Crippen LogP contribution is 2.21. The first-order chi connectivity index (χ1) is 8.72. The standard InChI is InChI=1S/C14H19NO3/c1-15-9-5-4-6-11-7-8-12(14(16)18-3)13(10-11)17-2/h4,6-8,10,15H,5,9H2,1-3H3. The van der Waals surface area contributed by atoms with E-state index >= 15 is 0 Å². The number of hydrogen-bond donors (Lipinski definition) is 1. The fraction of sp³-hybridized carbons (Fsp3) is 0.357. The molecule has 0 saturated carbocycles. The maximum Gasteiger partial charge on any atom is 0.341 e. The Morgan fingerprint density at radius 2 is 2.17 bits per heavy atom. The lowest BCUT2D eigenvalue weighted by Gasteiger charge is -2.07. The highest BCUT2D eigenvalue weighted by atomic mass is 16.5. The number of benzene rings is 1. The summed E-state index contributed by atoms with van der Waals surface area (Å²) < 4.78 is 9.88. The van der Waals surface area contributed by atoms with Gasteiger partial charge in [-0.3, -0.25) is 0 Å². The van der Waals surface area contributed by atoms with E-state index in [1.54, 1.807) is 6.07 Å². The zero-order valence-electron chi connectivity index (χ0n) is 11.0. The summed E-state index contributed by atoms with van der Waals surface area (Å²) in [6.07, 6.45) is 5.03. The van der Waals surface area contributed by atoms with E-state index in [0.29, 0.717) is 11.3 Å². The lowest BCUT2D eigenvalue weighted by molar-refractivity contribution is 0.0597. The van der Waals surface area contributed by atoms with Crippen LogP contribution in [0.25, 0.3) is 6.08 Å². The first-order valence-corrected chi connectivity index (χ1v) is 5.80. The summed E-state index contributed by atoms with van der Waals surface area (Å²) in [5.41, 5.74) is 1.43. The number of nitrogens with one attached hydrogen (secondary N) is 1. The summed E-state index contributed by atoms with van der Waals surface area (Å²) in [7, 11) is 4.81. The van der Waals surface area contributed by atoms with E-state index in [0.717, 1.165) is 18.5 Å². The van der Waals surface area contributed by atoms with Crippen molar-refractivity contribution in [2.24, 2.45) is 0 Å². The average molecular weight is 249 g/mol. The normalized spacial score (nSPS) is 10.6. The highest BCUT2D eigenvalue weighted by molar-refractivity contribution is 5.92. The van der Waals surface area contributed by atoms with Gasteiger partial charge in [-0.2, -0.15) is 0 Å². The van der Waals surface area contributed by atoms with Crippen molar-refractivity contribution in [3.8, 4) is 5.75 Å². The molecule has 0 aliphatic rings. The van der Waals surface area contributed by atoms with Crippen LogP contribution in [0, 0.1) is 0 Å². The third kappa shape index (κ3) is 3.89. The molecule has 0 fully saturated rings. The number of hydrogen-bond acceptors (Lipinski definition) is 4. The Labute approximate surface area is 108 Å². The van der Waals surface area contributed by atoms with Crippen LogP contribution in [0.2, 0.25) is 0 Å². The smallest absolute Gasteiger partial charge is 0.341 e. The summed E-state index contributed by atoms with van der Waals surface area (Å²) in [6, 6.07) is 5.40. The Kier molecular flexibility index (Phi) is 5.94. The monoisotopic (exact) mass is 249 g/mol. The van der Waals surface area contributed by atoms with Crippen molar-refractivity contribution >= 4 is 12.0 Å². The molecule has 4 nitrogen and oxygen atoms in total. The minimum atomic E-state index is -0.391. The maximum absolute atomic E-state index is 11.5. The molecule has 18 heavy (non-hydrogen) atoms. The molecule has 0 aliphatic carbocycles. The largest absolute Gasteiger partial charge is 0.496 e. The zero-order chi connectivity index (χ0) is 13.4. The van der Waals surface area contributed by atoms with Crippen LogP contribution in [0.15, 0.2) is 24.3 Å². The van der Waals surface area contributed by atoms with Gasteiger partial charge in [-0.15, -0.1) is 0 Å². The molecule has 98 valence electrons. The van der Waals surface area contributed by atoms with E-state index in [2.05, 4.69) is 16.1 Å². The molecular weight excluding hydrogens is 230 g/mol. The number of carbonyl (C=O) groups is 1. The summed E-state index contributed by atoms with van der Waals surface area (Å²) in [5, 5.41) is 3.07. The van der Waals surface area contributed by atoms with Gasteiger partial charge in [0.05, 0.1) is 14.2 Å². The van der Waals surface area contributed by atoms with Gasteiger partial charge in [0.15, 0.2) is 0 Å². The van der Waals surface area contributed by atoms with E-state index in [1.807, 2.05) is 25.3 Å². The average Bonchev–Trinajstić information content (AvgIpc) is 2.42. The highest BCUT2D eigenvalue weighted by Gasteiger charge is 2.12. The van der Waals surface area contributed by atoms with Crippen molar-refractivity contribution < 1.29 is 14.3 Å². The Morgan fingerprint density at radius 3 is 2.78 bits per heavy atom. The molecule has 0 bridgehead atoms. The summed E-state index contributed by atoms with van der Waals surface area (Å²) >= 11 is 0. The predicted octanol–water partition coefficient (Wildman–Crippen LogP) is 2.10. The second-order valence-electron chi connectivity index (χ2n) is 3.75. The van der Waals surface area contributed by atoms with Gasteiger partial charge < -0.3 is 14.8 Å². The van der Waals surface area contributed by atoms with Crippen LogP contribution in [0.5, 0.6) is 5.75 Å². The molecule has 1 aromatic rings. The molecule has 1 aromatic carbocycles. The molecule has 0 atom stereocenters. The lowest BCUT2D eigenvalue weighted by Crippen LogP contribution is -2.05. The van der Waals surface area contributed by atoms with Crippen LogP contribution in [0.1, 0.15) is 22.3 Å². The van der Waals surface area contributed by atoms with Gasteiger partial charge in [0.1, 0.15) is 11.3 Å². The van der Waals surface area contributed by atoms with Crippen LogP contribution in [-0.4, -0.2) is 33.8 Å². The molecule has 0 amide bonds. The van der Waals surface area contributed by atoms with Crippen LogP contribution >= 0.6 is 0 Å². The molecule has 0 spiro atoms. The minimum absolute atomic E-state index is 0.391. The van der Waals surface area contributed by atoms with Crippen molar-refractivity contribution in [3.63, 3.8) is 0 Å². The molecule has 0 aliphatic heterocycles. The molecule has 4 heteroatoms. The number of methoxy groups -OCH3 is 2. The summed E-state index contributed by atoms with van der Waals surface area (Å²) in [4.78, 5) is 11.5. The third-order valence-electron chi connectivity index (χ3n) is 2.50. The van der Waals surface area contributed by atoms with Crippen molar-refractivity contribution in [2.45, 2.75) is 6.42 Å². The summed E-state index contributed by atoms with van der Waals surface area (Å²) in [5.74, 6) is 0.134.